The van der Waals surface area contributed by atoms with Crippen LogP contribution in [0.5, 0.6) is 5.75 Å². The summed E-state index contributed by atoms with van der Waals surface area (Å²) in [4.78, 5) is 24.6. The molecule has 3 rings (SSSR count). The van der Waals surface area contributed by atoms with Gasteiger partial charge in [0, 0.05) is 17.1 Å². The maximum Gasteiger partial charge on any atom is 0.416 e. The van der Waals surface area contributed by atoms with E-state index in [0.717, 1.165) is 36.4 Å². The molecule has 0 spiro atoms. The summed E-state index contributed by atoms with van der Waals surface area (Å²) in [6.07, 6.45) is -9.18. The number of carbonyl (C=O) groups excluding carboxylic acids is 2. The first-order valence-corrected chi connectivity index (χ1v) is 10.0. The van der Waals surface area contributed by atoms with Crippen LogP contribution in [-0.4, -0.2) is 19.2 Å². The van der Waals surface area contributed by atoms with Crippen molar-refractivity contribution in [2.45, 2.75) is 12.4 Å². The first-order chi connectivity index (χ1) is 16.8. The fourth-order valence-corrected chi connectivity index (χ4v) is 3.01. The van der Waals surface area contributed by atoms with Gasteiger partial charge in [-0.15, -0.1) is 0 Å². The van der Waals surface area contributed by atoms with Crippen molar-refractivity contribution in [1.82, 2.24) is 0 Å². The number of amides is 4. The van der Waals surface area contributed by atoms with Crippen LogP contribution >= 0.6 is 0 Å². The zero-order valence-corrected chi connectivity index (χ0v) is 18.3. The number of alkyl halides is 6. The van der Waals surface area contributed by atoms with Gasteiger partial charge in [0.2, 0.25) is 0 Å². The monoisotopic (exact) mass is 512 g/mol. The highest BCUT2D eigenvalue weighted by atomic mass is 19.4. The summed E-state index contributed by atoms with van der Waals surface area (Å²) in [6, 6.07) is 10.4. The molecule has 0 atom stereocenters. The molecule has 0 heterocycles. The molecule has 3 aromatic rings. The average Bonchev–Trinajstić information content (AvgIpc) is 2.78. The van der Waals surface area contributed by atoms with Gasteiger partial charge in [-0.3, -0.25) is 0 Å². The molecule has 3 aromatic carbocycles. The lowest BCUT2D eigenvalue weighted by atomic mass is 10.2. The van der Waals surface area contributed by atoms with Crippen molar-refractivity contribution in [2.24, 2.45) is 0 Å². The van der Waals surface area contributed by atoms with E-state index in [1.807, 2.05) is 0 Å². The van der Waals surface area contributed by atoms with Crippen molar-refractivity contribution in [3.05, 3.63) is 77.9 Å². The molecule has 0 unspecified atom stereocenters. The summed E-state index contributed by atoms with van der Waals surface area (Å²) < 4.78 is 82.3. The van der Waals surface area contributed by atoms with E-state index in [1.165, 1.54) is 37.4 Å². The Bertz CT molecular complexity index is 1260. The fourth-order valence-electron chi connectivity index (χ4n) is 3.01. The predicted octanol–water partition coefficient (Wildman–Crippen LogP) is 7.02. The van der Waals surface area contributed by atoms with E-state index >= 15 is 0 Å². The molecule has 4 N–H and O–H groups in total. The molecule has 13 heteroatoms. The number of carbonyl (C=O) groups is 2. The summed E-state index contributed by atoms with van der Waals surface area (Å²) in [5.74, 6) is 0.165. The number of anilines is 4. The maximum atomic E-state index is 12.9. The zero-order chi connectivity index (χ0) is 26.5. The van der Waals surface area contributed by atoms with Gasteiger partial charge in [0.15, 0.2) is 0 Å². The minimum atomic E-state index is -4.59. The standard InChI is InChI=1S/C23H18F6N4O3/c1-36-19-9-8-17(32-20(34)30-15-6-2-4-13(10-15)22(24,25)26)12-18(19)33-21(35)31-16-7-3-5-14(11-16)23(27,28)29/h2-12H,1H3,(H2,30,32,34)(H2,31,33,35). The molecule has 36 heavy (non-hydrogen) atoms. The third kappa shape index (κ3) is 7.04. The molecule has 0 aliphatic heterocycles. The summed E-state index contributed by atoms with van der Waals surface area (Å²) >= 11 is 0. The molecule has 7 nitrogen and oxygen atoms in total. The number of hydrogen-bond donors (Lipinski definition) is 4. The Morgan fingerprint density at radius 2 is 1.08 bits per heavy atom. The molecule has 0 saturated heterocycles. The van der Waals surface area contributed by atoms with Crippen LogP contribution in [0.3, 0.4) is 0 Å². The Hall–Kier alpha value is -4.42. The van der Waals surface area contributed by atoms with E-state index in [1.54, 1.807) is 0 Å². The van der Waals surface area contributed by atoms with Crippen LogP contribution in [-0.2, 0) is 12.4 Å². The molecular weight excluding hydrogens is 494 g/mol. The smallest absolute Gasteiger partial charge is 0.416 e. The first-order valence-electron chi connectivity index (χ1n) is 10.0. The lowest BCUT2D eigenvalue weighted by Crippen LogP contribution is -2.21. The summed E-state index contributed by atoms with van der Waals surface area (Å²) in [7, 11) is 1.30. The Kier molecular flexibility index (Phi) is 7.61. The topological polar surface area (TPSA) is 91.5 Å². The summed E-state index contributed by atoms with van der Waals surface area (Å²) in [5, 5.41) is 9.34. The second kappa shape index (κ2) is 10.5. The predicted molar refractivity (Wildman–Crippen MR) is 121 cm³/mol. The summed E-state index contributed by atoms with van der Waals surface area (Å²) in [5.41, 5.74) is -1.92. The minimum Gasteiger partial charge on any atom is -0.495 e. The Labute approximate surface area is 200 Å². The number of rotatable bonds is 5. The average molecular weight is 512 g/mol. The van der Waals surface area contributed by atoms with Crippen LogP contribution in [0.2, 0.25) is 0 Å². The van der Waals surface area contributed by atoms with E-state index in [-0.39, 0.29) is 28.5 Å². The highest BCUT2D eigenvalue weighted by Gasteiger charge is 2.31. The Morgan fingerprint density at radius 1 is 0.639 bits per heavy atom. The van der Waals surface area contributed by atoms with Crippen LogP contribution < -0.4 is 26.0 Å². The van der Waals surface area contributed by atoms with Crippen molar-refractivity contribution in [3.8, 4) is 5.75 Å². The van der Waals surface area contributed by atoms with Gasteiger partial charge in [0.25, 0.3) is 0 Å². The number of nitrogens with one attached hydrogen (secondary N) is 4. The van der Waals surface area contributed by atoms with Crippen molar-refractivity contribution in [2.75, 3.05) is 28.4 Å². The van der Waals surface area contributed by atoms with Crippen molar-refractivity contribution in [3.63, 3.8) is 0 Å². The first kappa shape index (κ1) is 26.2. The van der Waals surface area contributed by atoms with Gasteiger partial charge in [-0.25, -0.2) is 9.59 Å². The highest BCUT2D eigenvalue weighted by molar-refractivity contribution is 6.03. The maximum absolute atomic E-state index is 12.9. The van der Waals surface area contributed by atoms with Gasteiger partial charge in [-0.05, 0) is 54.6 Å². The van der Waals surface area contributed by atoms with Gasteiger partial charge in [-0.1, -0.05) is 12.1 Å². The molecule has 0 aromatic heterocycles. The molecular formula is C23H18F6N4O3. The third-order valence-corrected chi connectivity index (χ3v) is 4.60. The second-order valence-electron chi connectivity index (χ2n) is 7.23. The van der Waals surface area contributed by atoms with Gasteiger partial charge in [0.05, 0.1) is 23.9 Å². The number of ether oxygens (including phenoxy) is 1. The molecule has 190 valence electrons. The van der Waals surface area contributed by atoms with E-state index in [0.29, 0.717) is 0 Å². The molecule has 0 saturated carbocycles. The lowest BCUT2D eigenvalue weighted by molar-refractivity contribution is -0.138. The molecule has 0 radical (unpaired) electrons. The number of halogens is 6. The fraction of sp³-hybridized carbons (Fsp3) is 0.130. The second-order valence-corrected chi connectivity index (χ2v) is 7.23. The summed E-state index contributed by atoms with van der Waals surface area (Å²) in [6.45, 7) is 0. The largest absolute Gasteiger partial charge is 0.495 e. The molecule has 0 fully saturated rings. The van der Waals surface area contributed by atoms with Crippen LogP contribution in [0.15, 0.2) is 66.7 Å². The minimum absolute atomic E-state index is 0.0545. The molecule has 0 aliphatic rings. The molecule has 4 amide bonds. The quantitative estimate of drug-likeness (QED) is 0.277. The van der Waals surface area contributed by atoms with Gasteiger partial charge in [-0.2, -0.15) is 26.3 Å². The van der Waals surface area contributed by atoms with Crippen LogP contribution in [0.1, 0.15) is 11.1 Å². The van der Waals surface area contributed by atoms with Gasteiger partial charge < -0.3 is 26.0 Å². The Morgan fingerprint density at radius 3 is 1.53 bits per heavy atom. The zero-order valence-electron chi connectivity index (χ0n) is 18.3. The third-order valence-electron chi connectivity index (χ3n) is 4.60. The van der Waals surface area contributed by atoms with E-state index in [4.69, 9.17) is 4.74 Å². The number of urea groups is 2. The number of benzene rings is 3. The van der Waals surface area contributed by atoms with Crippen molar-refractivity contribution in [1.29, 1.82) is 0 Å². The van der Waals surface area contributed by atoms with Crippen LogP contribution in [0, 0.1) is 0 Å². The van der Waals surface area contributed by atoms with E-state index in [9.17, 15) is 35.9 Å². The Balaban J connectivity index is 1.69. The molecule has 0 bridgehead atoms. The van der Waals surface area contributed by atoms with E-state index in [2.05, 4.69) is 21.3 Å². The molecule has 0 aliphatic carbocycles. The van der Waals surface area contributed by atoms with Crippen molar-refractivity contribution >= 4 is 34.8 Å². The van der Waals surface area contributed by atoms with Gasteiger partial charge >= 0.3 is 24.4 Å². The SMILES string of the molecule is COc1ccc(NC(=O)Nc2cccc(C(F)(F)F)c2)cc1NC(=O)Nc1cccc(C(F)(F)F)c1. The normalized spacial score (nSPS) is 11.4. The number of methoxy groups -OCH3 is 1. The van der Waals surface area contributed by atoms with E-state index < -0.39 is 35.5 Å². The van der Waals surface area contributed by atoms with Crippen LogP contribution in [0.25, 0.3) is 0 Å². The van der Waals surface area contributed by atoms with Crippen LogP contribution in [0.4, 0.5) is 58.7 Å². The van der Waals surface area contributed by atoms with Crippen molar-refractivity contribution < 1.29 is 40.7 Å². The van der Waals surface area contributed by atoms with Gasteiger partial charge in [0.1, 0.15) is 5.75 Å². The lowest BCUT2D eigenvalue weighted by Gasteiger charge is -2.15. The highest BCUT2D eigenvalue weighted by Crippen LogP contribution is 2.32. The number of hydrogen-bond acceptors (Lipinski definition) is 3.